The highest BCUT2D eigenvalue weighted by Gasteiger charge is 2.09. The summed E-state index contributed by atoms with van der Waals surface area (Å²) in [5, 5.41) is 3.03. The summed E-state index contributed by atoms with van der Waals surface area (Å²) >= 11 is 13.4. The van der Waals surface area contributed by atoms with Crippen LogP contribution in [0.15, 0.2) is 34.4 Å². The number of fused-ring (bicyclic) bond motifs is 1. The highest BCUT2D eigenvalue weighted by Crippen LogP contribution is 2.23. The second-order valence-corrected chi connectivity index (χ2v) is 7.15. The van der Waals surface area contributed by atoms with Crippen LogP contribution in [0.3, 0.4) is 0 Å². The molecule has 4 nitrogen and oxygen atoms in total. The van der Waals surface area contributed by atoms with Gasteiger partial charge < -0.3 is 0 Å². The van der Waals surface area contributed by atoms with Crippen LogP contribution in [0.4, 0.5) is 0 Å². The fourth-order valence-electron chi connectivity index (χ4n) is 2.46. The van der Waals surface area contributed by atoms with Gasteiger partial charge in [0.05, 0.1) is 15.7 Å². The number of aromatic nitrogens is 2. The van der Waals surface area contributed by atoms with Crippen molar-refractivity contribution in [1.29, 1.82) is 0 Å². The van der Waals surface area contributed by atoms with Crippen molar-refractivity contribution >= 4 is 39.5 Å². The van der Waals surface area contributed by atoms with E-state index in [0.717, 1.165) is 21.9 Å². The molecule has 0 unspecified atom stereocenters. The molecule has 2 aromatic heterocycles. The number of hydrogen-bond acceptors (Lipinski definition) is 4. The Morgan fingerprint density at radius 2 is 2.00 bits per heavy atom. The maximum atomic E-state index is 12.2. The van der Waals surface area contributed by atoms with Gasteiger partial charge in [-0.05, 0) is 31.7 Å². The summed E-state index contributed by atoms with van der Waals surface area (Å²) < 4.78 is 1.63. The van der Waals surface area contributed by atoms with Crippen molar-refractivity contribution in [1.82, 2.24) is 14.3 Å². The van der Waals surface area contributed by atoms with Crippen LogP contribution in [0.25, 0.3) is 4.96 Å². The molecule has 0 N–H and O–H groups in total. The van der Waals surface area contributed by atoms with Gasteiger partial charge in [0.1, 0.15) is 0 Å². The van der Waals surface area contributed by atoms with E-state index < -0.39 is 0 Å². The van der Waals surface area contributed by atoms with Gasteiger partial charge in [-0.15, -0.1) is 11.3 Å². The van der Waals surface area contributed by atoms with Crippen molar-refractivity contribution in [3.8, 4) is 0 Å². The Morgan fingerprint density at radius 1 is 1.22 bits per heavy atom. The summed E-state index contributed by atoms with van der Waals surface area (Å²) in [5.41, 5.74) is 2.70. The minimum atomic E-state index is -0.0355. The second kappa shape index (κ2) is 6.61. The Morgan fingerprint density at radius 3 is 2.74 bits per heavy atom. The van der Waals surface area contributed by atoms with Crippen molar-refractivity contribution in [3.63, 3.8) is 0 Å². The SMILES string of the molecule is Cc1csc2nc(CN(C)Cc3ccc(Cl)c(Cl)c3)cc(=O)n12. The Kier molecular flexibility index (Phi) is 4.73. The summed E-state index contributed by atoms with van der Waals surface area (Å²) in [5.74, 6) is 0. The molecular formula is C16H15Cl2N3OS. The average Bonchev–Trinajstić information content (AvgIpc) is 2.84. The van der Waals surface area contributed by atoms with Gasteiger partial charge in [-0.2, -0.15) is 0 Å². The first-order valence-corrected chi connectivity index (χ1v) is 8.67. The molecule has 1 aromatic carbocycles. The molecule has 23 heavy (non-hydrogen) atoms. The highest BCUT2D eigenvalue weighted by atomic mass is 35.5. The first-order chi connectivity index (χ1) is 10.9. The van der Waals surface area contributed by atoms with Crippen LogP contribution in [0.1, 0.15) is 17.0 Å². The maximum absolute atomic E-state index is 12.2. The van der Waals surface area contributed by atoms with Gasteiger partial charge in [0.25, 0.3) is 5.56 Å². The highest BCUT2D eigenvalue weighted by molar-refractivity contribution is 7.15. The van der Waals surface area contributed by atoms with E-state index >= 15 is 0 Å². The predicted molar refractivity (Wildman–Crippen MR) is 95.7 cm³/mol. The molecule has 3 aromatic rings. The molecular weight excluding hydrogens is 353 g/mol. The molecule has 0 aliphatic carbocycles. The molecule has 0 aliphatic rings. The number of rotatable bonds is 4. The molecule has 0 radical (unpaired) electrons. The number of benzene rings is 1. The van der Waals surface area contributed by atoms with E-state index in [0.29, 0.717) is 23.1 Å². The van der Waals surface area contributed by atoms with E-state index in [1.807, 2.05) is 31.5 Å². The zero-order valence-electron chi connectivity index (χ0n) is 12.7. The average molecular weight is 368 g/mol. The molecule has 2 heterocycles. The summed E-state index contributed by atoms with van der Waals surface area (Å²) in [4.78, 5) is 19.6. The number of hydrogen-bond donors (Lipinski definition) is 0. The Hall–Kier alpha value is -1.40. The van der Waals surface area contributed by atoms with Crippen molar-refractivity contribution in [3.05, 3.63) is 67.0 Å². The van der Waals surface area contributed by atoms with E-state index in [-0.39, 0.29) is 5.56 Å². The van der Waals surface area contributed by atoms with E-state index in [9.17, 15) is 4.79 Å². The molecule has 0 atom stereocenters. The molecule has 0 fully saturated rings. The zero-order valence-corrected chi connectivity index (χ0v) is 15.0. The van der Waals surface area contributed by atoms with Gasteiger partial charge in [0.2, 0.25) is 0 Å². The maximum Gasteiger partial charge on any atom is 0.259 e. The van der Waals surface area contributed by atoms with Crippen LogP contribution in [-0.4, -0.2) is 21.3 Å². The predicted octanol–water partition coefficient (Wildman–Crippen LogP) is 4.00. The monoisotopic (exact) mass is 367 g/mol. The Bertz CT molecular complexity index is 919. The van der Waals surface area contributed by atoms with Crippen molar-refractivity contribution in [2.75, 3.05) is 7.05 Å². The molecule has 7 heteroatoms. The minimum absolute atomic E-state index is 0.0355. The number of aryl methyl sites for hydroxylation is 1. The molecule has 3 rings (SSSR count). The lowest BCUT2D eigenvalue weighted by atomic mass is 10.2. The van der Waals surface area contributed by atoms with Crippen LogP contribution < -0.4 is 5.56 Å². The number of thiazole rings is 1. The van der Waals surface area contributed by atoms with Crippen LogP contribution in [0.5, 0.6) is 0 Å². The quantitative estimate of drug-likeness (QED) is 0.699. The molecule has 120 valence electrons. The topological polar surface area (TPSA) is 37.6 Å². The zero-order chi connectivity index (χ0) is 16.6. The van der Waals surface area contributed by atoms with Gasteiger partial charge in [0.15, 0.2) is 4.96 Å². The van der Waals surface area contributed by atoms with E-state index in [2.05, 4.69) is 9.88 Å². The second-order valence-electron chi connectivity index (χ2n) is 5.50. The van der Waals surface area contributed by atoms with Gasteiger partial charge in [-0.1, -0.05) is 29.3 Å². The van der Waals surface area contributed by atoms with Gasteiger partial charge >= 0.3 is 0 Å². The summed E-state index contributed by atoms with van der Waals surface area (Å²) in [6, 6.07) is 7.18. The molecule has 0 spiro atoms. The lowest BCUT2D eigenvalue weighted by Gasteiger charge is -2.16. The fraction of sp³-hybridized carbons (Fsp3) is 0.250. The molecule has 0 amide bonds. The lowest BCUT2D eigenvalue weighted by molar-refractivity contribution is 0.315. The van der Waals surface area contributed by atoms with E-state index in [1.165, 1.54) is 11.3 Å². The third-order valence-electron chi connectivity index (χ3n) is 3.50. The van der Waals surface area contributed by atoms with Gasteiger partial charge in [-0.3, -0.25) is 14.1 Å². The minimum Gasteiger partial charge on any atom is -0.296 e. The molecule has 0 aliphatic heterocycles. The third kappa shape index (κ3) is 3.58. The van der Waals surface area contributed by atoms with E-state index in [1.54, 1.807) is 16.5 Å². The first-order valence-electron chi connectivity index (χ1n) is 7.03. The van der Waals surface area contributed by atoms with Crippen molar-refractivity contribution in [2.45, 2.75) is 20.0 Å². The van der Waals surface area contributed by atoms with Crippen LogP contribution in [0, 0.1) is 6.92 Å². The Balaban J connectivity index is 1.78. The number of halogens is 2. The van der Waals surface area contributed by atoms with Crippen LogP contribution >= 0.6 is 34.5 Å². The van der Waals surface area contributed by atoms with Crippen molar-refractivity contribution < 1.29 is 0 Å². The smallest absolute Gasteiger partial charge is 0.259 e. The summed E-state index contributed by atoms with van der Waals surface area (Å²) in [6.45, 7) is 3.19. The summed E-state index contributed by atoms with van der Waals surface area (Å²) in [7, 11) is 1.98. The summed E-state index contributed by atoms with van der Waals surface area (Å²) in [6.07, 6.45) is 0. The third-order valence-corrected chi connectivity index (χ3v) is 5.18. The lowest BCUT2D eigenvalue weighted by Crippen LogP contribution is -2.21. The van der Waals surface area contributed by atoms with Crippen LogP contribution in [0.2, 0.25) is 10.0 Å². The van der Waals surface area contributed by atoms with Crippen LogP contribution in [-0.2, 0) is 13.1 Å². The first kappa shape index (κ1) is 16.5. The molecule has 0 bridgehead atoms. The normalized spacial score (nSPS) is 11.5. The largest absolute Gasteiger partial charge is 0.296 e. The standard InChI is InChI=1S/C16H15Cl2N3OS/c1-10-9-23-16-19-12(6-15(22)21(10)16)8-20(2)7-11-3-4-13(17)14(18)5-11/h3-6,9H,7-8H2,1-2H3. The van der Waals surface area contributed by atoms with Crippen molar-refractivity contribution in [2.24, 2.45) is 0 Å². The van der Waals surface area contributed by atoms with Gasteiger partial charge in [0, 0.05) is 30.2 Å². The number of nitrogens with zero attached hydrogens (tertiary/aromatic N) is 3. The van der Waals surface area contributed by atoms with Gasteiger partial charge in [-0.25, -0.2) is 4.98 Å². The molecule has 0 saturated carbocycles. The molecule has 0 saturated heterocycles. The fourth-order valence-corrected chi connectivity index (χ4v) is 3.68. The Labute approximate surface area is 147 Å². The van der Waals surface area contributed by atoms with E-state index in [4.69, 9.17) is 23.2 Å².